The van der Waals surface area contributed by atoms with E-state index in [0.717, 1.165) is 12.1 Å². The van der Waals surface area contributed by atoms with Gasteiger partial charge in [0.1, 0.15) is 0 Å². The third kappa shape index (κ3) is 3.36. The molecule has 0 aromatic heterocycles. The van der Waals surface area contributed by atoms with E-state index in [1.54, 1.807) is 6.92 Å². The maximum atomic E-state index is 13.0. The summed E-state index contributed by atoms with van der Waals surface area (Å²) < 4.78 is 42.7. The van der Waals surface area contributed by atoms with Crippen molar-refractivity contribution >= 4 is 5.97 Å². The third-order valence-electron chi connectivity index (χ3n) is 2.20. The lowest BCUT2D eigenvalue weighted by Gasteiger charge is -2.13. The van der Waals surface area contributed by atoms with Gasteiger partial charge in [-0.05, 0) is 24.6 Å². The minimum atomic E-state index is -1.30. The SMILES string of the molecule is CCOC(Cc1cc(F)c(O)c(F)c1)C(=O)OF. The summed E-state index contributed by atoms with van der Waals surface area (Å²) in [6.45, 7) is 1.67. The van der Waals surface area contributed by atoms with Crippen LogP contribution in [0.15, 0.2) is 12.1 Å². The Hall–Kier alpha value is -1.76. The second-order valence-corrected chi connectivity index (χ2v) is 3.45. The number of aromatic hydroxyl groups is 1. The highest BCUT2D eigenvalue weighted by Crippen LogP contribution is 2.22. The number of carbonyl (C=O) groups is 1. The van der Waals surface area contributed by atoms with Crippen LogP contribution < -0.4 is 0 Å². The van der Waals surface area contributed by atoms with Gasteiger partial charge in [0.15, 0.2) is 23.5 Å². The van der Waals surface area contributed by atoms with Crippen LogP contribution in [-0.2, 0) is 20.9 Å². The number of hydrogen-bond acceptors (Lipinski definition) is 4. The molecular formula is C11H11F3O4. The van der Waals surface area contributed by atoms with E-state index in [4.69, 9.17) is 9.84 Å². The number of rotatable bonds is 5. The van der Waals surface area contributed by atoms with Gasteiger partial charge in [0.25, 0.3) is 0 Å². The fraction of sp³-hybridized carbons (Fsp3) is 0.364. The summed E-state index contributed by atoms with van der Waals surface area (Å²) in [7, 11) is 0. The quantitative estimate of drug-likeness (QED) is 0.884. The van der Waals surface area contributed by atoms with Crippen molar-refractivity contribution in [2.45, 2.75) is 19.4 Å². The fourth-order valence-electron chi connectivity index (χ4n) is 1.41. The molecular weight excluding hydrogens is 253 g/mol. The molecule has 1 rings (SSSR count). The standard InChI is InChI=1S/C11H11F3O4/c1-2-17-9(11(16)18-14)5-6-3-7(12)10(15)8(13)4-6/h3-4,9,15H,2,5H2,1H3. The van der Waals surface area contributed by atoms with Gasteiger partial charge in [0.05, 0.1) is 0 Å². The molecule has 0 amide bonds. The monoisotopic (exact) mass is 264 g/mol. The first-order valence-corrected chi connectivity index (χ1v) is 5.10. The first kappa shape index (κ1) is 14.3. The van der Waals surface area contributed by atoms with Crippen LogP contribution >= 0.6 is 0 Å². The normalized spacial score (nSPS) is 12.2. The molecule has 0 aliphatic heterocycles. The molecule has 0 spiro atoms. The second kappa shape index (κ2) is 6.25. The van der Waals surface area contributed by atoms with Crippen molar-refractivity contribution in [3.63, 3.8) is 0 Å². The molecule has 0 saturated heterocycles. The summed E-state index contributed by atoms with van der Waals surface area (Å²) in [6, 6.07) is 1.66. The highest BCUT2D eigenvalue weighted by molar-refractivity contribution is 5.74. The number of halogens is 3. The van der Waals surface area contributed by atoms with E-state index in [-0.39, 0.29) is 18.6 Å². The van der Waals surface area contributed by atoms with E-state index in [0.29, 0.717) is 0 Å². The van der Waals surface area contributed by atoms with Crippen molar-refractivity contribution in [1.82, 2.24) is 0 Å². The lowest BCUT2D eigenvalue weighted by Crippen LogP contribution is -2.27. The molecule has 18 heavy (non-hydrogen) atoms. The summed E-state index contributed by atoms with van der Waals surface area (Å²) in [5.41, 5.74) is 0.0339. The van der Waals surface area contributed by atoms with Crippen LogP contribution in [0.25, 0.3) is 0 Å². The highest BCUT2D eigenvalue weighted by Gasteiger charge is 2.23. The minimum absolute atomic E-state index is 0.0339. The Kier molecular flexibility index (Phi) is 4.96. The summed E-state index contributed by atoms with van der Waals surface area (Å²) in [4.78, 5) is 14.0. The predicted molar refractivity (Wildman–Crippen MR) is 54.3 cm³/mol. The van der Waals surface area contributed by atoms with Gasteiger partial charge in [-0.1, -0.05) is 0 Å². The lowest BCUT2D eigenvalue weighted by molar-refractivity contribution is -0.196. The molecule has 0 fully saturated rings. The Morgan fingerprint density at radius 3 is 2.39 bits per heavy atom. The number of benzene rings is 1. The molecule has 4 nitrogen and oxygen atoms in total. The van der Waals surface area contributed by atoms with Crippen LogP contribution in [0.2, 0.25) is 0 Å². The van der Waals surface area contributed by atoms with Gasteiger partial charge in [0, 0.05) is 17.6 Å². The maximum absolute atomic E-state index is 13.0. The van der Waals surface area contributed by atoms with Crippen molar-refractivity contribution < 1.29 is 32.9 Å². The molecule has 0 bridgehead atoms. The number of carbonyl (C=O) groups excluding carboxylic acids is 1. The largest absolute Gasteiger partial charge is 0.503 e. The minimum Gasteiger partial charge on any atom is -0.503 e. The average molecular weight is 264 g/mol. The number of ether oxygens (including phenoxy) is 1. The smallest absolute Gasteiger partial charge is 0.377 e. The molecule has 1 aromatic rings. The van der Waals surface area contributed by atoms with Crippen LogP contribution in [0.3, 0.4) is 0 Å². The van der Waals surface area contributed by atoms with Gasteiger partial charge in [0.2, 0.25) is 0 Å². The number of phenols is 1. The Bertz CT molecular complexity index is 413. The zero-order chi connectivity index (χ0) is 13.7. The zero-order valence-corrected chi connectivity index (χ0v) is 9.45. The van der Waals surface area contributed by atoms with E-state index in [1.807, 2.05) is 0 Å². The van der Waals surface area contributed by atoms with Crippen LogP contribution in [0, 0.1) is 11.6 Å². The predicted octanol–water partition coefficient (Wildman–Crippen LogP) is 2.05. The van der Waals surface area contributed by atoms with Crippen LogP contribution in [0.4, 0.5) is 13.3 Å². The van der Waals surface area contributed by atoms with E-state index in [2.05, 4.69) is 4.94 Å². The van der Waals surface area contributed by atoms with Crippen LogP contribution in [0.1, 0.15) is 12.5 Å². The molecule has 1 N–H and O–H groups in total. The number of phenolic OH excluding ortho intramolecular Hbond substituents is 1. The van der Waals surface area contributed by atoms with Crippen molar-refractivity contribution in [1.29, 1.82) is 0 Å². The van der Waals surface area contributed by atoms with E-state index in [1.165, 1.54) is 0 Å². The Balaban J connectivity index is 2.90. The summed E-state index contributed by atoms with van der Waals surface area (Å²) >= 11 is 0. The van der Waals surface area contributed by atoms with Crippen molar-refractivity contribution in [2.75, 3.05) is 6.61 Å². The molecule has 0 aliphatic carbocycles. The topological polar surface area (TPSA) is 55.8 Å². The van der Waals surface area contributed by atoms with Crippen LogP contribution in [0.5, 0.6) is 5.75 Å². The van der Waals surface area contributed by atoms with Gasteiger partial charge in [-0.25, -0.2) is 13.6 Å². The molecule has 0 saturated carbocycles. The first-order chi connectivity index (χ1) is 8.49. The zero-order valence-electron chi connectivity index (χ0n) is 9.45. The number of hydrogen-bond donors (Lipinski definition) is 1. The van der Waals surface area contributed by atoms with E-state index in [9.17, 15) is 18.1 Å². The summed E-state index contributed by atoms with van der Waals surface area (Å²) in [5, 5.41) is 8.89. The maximum Gasteiger partial charge on any atom is 0.377 e. The van der Waals surface area contributed by atoms with Gasteiger partial charge >= 0.3 is 5.97 Å². The molecule has 0 heterocycles. The molecule has 0 radical (unpaired) electrons. The Morgan fingerprint density at radius 1 is 1.39 bits per heavy atom. The Morgan fingerprint density at radius 2 is 1.94 bits per heavy atom. The van der Waals surface area contributed by atoms with Crippen molar-refractivity contribution in [3.05, 3.63) is 29.3 Å². The first-order valence-electron chi connectivity index (χ1n) is 5.10. The van der Waals surface area contributed by atoms with Gasteiger partial charge in [-0.2, -0.15) is 0 Å². The molecule has 7 heteroatoms. The summed E-state index contributed by atoms with van der Waals surface area (Å²) in [5.74, 6) is -4.74. The van der Waals surface area contributed by atoms with Crippen molar-refractivity contribution in [2.24, 2.45) is 0 Å². The average Bonchev–Trinajstić information content (AvgIpc) is 2.34. The van der Waals surface area contributed by atoms with E-state index < -0.39 is 29.5 Å². The molecule has 0 aliphatic rings. The fourth-order valence-corrected chi connectivity index (χ4v) is 1.41. The highest BCUT2D eigenvalue weighted by atomic mass is 19.3. The molecule has 1 unspecified atom stereocenters. The van der Waals surface area contributed by atoms with Gasteiger partial charge < -0.3 is 9.84 Å². The van der Waals surface area contributed by atoms with Crippen LogP contribution in [-0.4, -0.2) is 23.8 Å². The second-order valence-electron chi connectivity index (χ2n) is 3.45. The summed E-state index contributed by atoms with van der Waals surface area (Å²) in [6.07, 6.45) is -1.58. The molecule has 1 aromatic carbocycles. The lowest BCUT2D eigenvalue weighted by atomic mass is 10.1. The van der Waals surface area contributed by atoms with Gasteiger partial charge in [-0.15, -0.1) is 0 Å². The van der Waals surface area contributed by atoms with Gasteiger partial charge in [-0.3, -0.25) is 4.94 Å². The Labute approximate surface area is 101 Å². The third-order valence-corrected chi connectivity index (χ3v) is 2.20. The van der Waals surface area contributed by atoms with Crippen molar-refractivity contribution in [3.8, 4) is 5.75 Å². The van der Waals surface area contributed by atoms with E-state index >= 15 is 0 Å². The molecule has 1 atom stereocenters. The molecule has 100 valence electrons.